The number of amides is 1. The second kappa shape index (κ2) is 6.37. The van der Waals surface area contributed by atoms with Crippen LogP contribution in [-0.2, 0) is 9.59 Å². The van der Waals surface area contributed by atoms with Crippen LogP contribution >= 0.6 is 0 Å². The maximum atomic E-state index is 12.4. The van der Waals surface area contributed by atoms with Crippen LogP contribution in [0, 0.1) is 0 Å². The van der Waals surface area contributed by atoms with Gasteiger partial charge in [0.15, 0.2) is 0 Å². The largest absolute Gasteiger partial charge is 0.480 e. The maximum Gasteiger partial charge on any atom is 0.317 e. The summed E-state index contributed by atoms with van der Waals surface area (Å²) in [4.78, 5) is 27.0. The van der Waals surface area contributed by atoms with Crippen molar-refractivity contribution < 1.29 is 14.7 Å². The number of aliphatic carboxylic acids is 1. The number of hydrogen-bond acceptors (Lipinski definition) is 3. The van der Waals surface area contributed by atoms with Gasteiger partial charge in [0.2, 0.25) is 5.91 Å². The van der Waals surface area contributed by atoms with Crippen molar-refractivity contribution in [1.29, 1.82) is 0 Å². The summed E-state index contributed by atoms with van der Waals surface area (Å²) >= 11 is 0. The molecular weight excluding hydrogens is 244 g/mol. The van der Waals surface area contributed by atoms with Gasteiger partial charge in [0.05, 0.1) is 13.1 Å². The molecule has 1 unspecified atom stereocenters. The monoisotopic (exact) mass is 268 g/mol. The Bertz CT molecular complexity index is 342. The van der Waals surface area contributed by atoms with Crippen LogP contribution in [0.4, 0.5) is 0 Å². The lowest BCUT2D eigenvalue weighted by molar-refractivity contribution is -0.141. The molecule has 5 nitrogen and oxygen atoms in total. The number of carbonyl (C=O) groups excluding carboxylic acids is 1. The Labute approximate surface area is 114 Å². The topological polar surface area (TPSA) is 60.9 Å². The second-order valence-electron chi connectivity index (χ2n) is 5.67. The molecule has 19 heavy (non-hydrogen) atoms. The maximum absolute atomic E-state index is 12.4. The summed E-state index contributed by atoms with van der Waals surface area (Å²) in [6, 6.07) is 0.664. The van der Waals surface area contributed by atoms with E-state index < -0.39 is 5.97 Å². The molecule has 0 radical (unpaired) electrons. The van der Waals surface area contributed by atoms with Crippen LogP contribution in [0.5, 0.6) is 0 Å². The molecular formula is C14H24N2O3. The Morgan fingerprint density at radius 3 is 2.53 bits per heavy atom. The second-order valence-corrected chi connectivity index (χ2v) is 5.67. The first-order valence-corrected chi connectivity index (χ1v) is 7.37. The van der Waals surface area contributed by atoms with Crippen molar-refractivity contribution in [3.63, 3.8) is 0 Å². The molecule has 0 aromatic heterocycles. The SMILES string of the molecule is CCC1CCCCN1C(=O)CN(CC(=O)O)C1CC1. The number of carbonyl (C=O) groups is 2. The molecule has 2 rings (SSSR count). The van der Waals surface area contributed by atoms with Crippen LogP contribution in [0.1, 0.15) is 45.4 Å². The third-order valence-corrected chi connectivity index (χ3v) is 4.16. The van der Waals surface area contributed by atoms with E-state index in [1.54, 1.807) is 0 Å². The minimum Gasteiger partial charge on any atom is -0.480 e. The fourth-order valence-corrected chi connectivity index (χ4v) is 2.95. The fraction of sp³-hybridized carbons (Fsp3) is 0.857. The summed E-state index contributed by atoms with van der Waals surface area (Å²) in [7, 11) is 0. The van der Waals surface area contributed by atoms with Crippen molar-refractivity contribution in [2.75, 3.05) is 19.6 Å². The number of rotatable bonds is 6. The van der Waals surface area contributed by atoms with Gasteiger partial charge in [-0.05, 0) is 38.5 Å². The molecule has 108 valence electrons. The van der Waals surface area contributed by atoms with Gasteiger partial charge in [0.25, 0.3) is 0 Å². The van der Waals surface area contributed by atoms with E-state index in [9.17, 15) is 9.59 Å². The van der Waals surface area contributed by atoms with E-state index in [4.69, 9.17) is 5.11 Å². The number of likely N-dealkylation sites (tertiary alicyclic amines) is 1. The van der Waals surface area contributed by atoms with E-state index in [0.29, 0.717) is 12.1 Å². The summed E-state index contributed by atoms with van der Waals surface area (Å²) in [6.07, 6.45) is 6.41. The number of carboxylic acid groups (broad SMARTS) is 1. The molecule has 1 N–H and O–H groups in total. The Kier molecular flexibility index (Phi) is 4.80. The van der Waals surface area contributed by atoms with Gasteiger partial charge in [-0.25, -0.2) is 0 Å². The number of carboxylic acids is 1. The highest BCUT2D eigenvalue weighted by atomic mass is 16.4. The minimum atomic E-state index is -0.842. The van der Waals surface area contributed by atoms with Crippen molar-refractivity contribution in [1.82, 2.24) is 9.80 Å². The highest BCUT2D eigenvalue weighted by Crippen LogP contribution is 2.27. The molecule has 2 fully saturated rings. The minimum absolute atomic E-state index is 0.0129. The number of piperidine rings is 1. The highest BCUT2D eigenvalue weighted by molar-refractivity contribution is 5.79. The predicted octanol–water partition coefficient (Wildman–Crippen LogP) is 1.33. The Hall–Kier alpha value is -1.10. The summed E-state index contributed by atoms with van der Waals surface area (Å²) < 4.78 is 0. The highest BCUT2D eigenvalue weighted by Gasteiger charge is 2.34. The van der Waals surface area contributed by atoms with Gasteiger partial charge in [0.1, 0.15) is 0 Å². The first kappa shape index (κ1) is 14.3. The summed E-state index contributed by atoms with van der Waals surface area (Å²) in [5.41, 5.74) is 0. The van der Waals surface area contributed by atoms with Crippen LogP contribution in [0.3, 0.4) is 0 Å². The first-order valence-electron chi connectivity index (χ1n) is 7.37. The van der Waals surface area contributed by atoms with Gasteiger partial charge in [-0.1, -0.05) is 6.92 Å². The molecule has 0 aromatic rings. The summed E-state index contributed by atoms with van der Waals surface area (Å²) in [6.45, 7) is 3.21. The average molecular weight is 268 g/mol. The quantitative estimate of drug-likeness (QED) is 0.789. The van der Waals surface area contributed by atoms with Gasteiger partial charge in [-0.15, -0.1) is 0 Å². The molecule has 1 amide bonds. The lowest BCUT2D eigenvalue weighted by Crippen LogP contribution is -2.49. The Morgan fingerprint density at radius 2 is 1.95 bits per heavy atom. The molecule has 1 aliphatic carbocycles. The third-order valence-electron chi connectivity index (χ3n) is 4.16. The molecule has 1 aliphatic heterocycles. The van der Waals surface area contributed by atoms with Crippen LogP contribution in [0.15, 0.2) is 0 Å². The third kappa shape index (κ3) is 3.93. The zero-order valence-electron chi connectivity index (χ0n) is 11.7. The number of hydrogen-bond donors (Lipinski definition) is 1. The van der Waals surface area contributed by atoms with Gasteiger partial charge in [0, 0.05) is 18.6 Å². The van der Waals surface area contributed by atoms with Crippen LogP contribution < -0.4 is 0 Å². The standard InChI is InChI=1S/C14H24N2O3/c1-2-11-5-3-4-8-16(11)13(17)9-15(10-14(18)19)12-6-7-12/h11-12H,2-10H2,1H3,(H,18,19). The van der Waals surface area contributed by atoms with Crippen LogP contribution in [-0.4, -0.2) is 58.5 Å². The smallest absolute Gasteiger partial charge is 0.317 e. The number of nitrogens with zero attached hydrogens (tertiary/aromatic N) is 2. The zero-order valence-corrected chi connectivity index (χ0v) is 11.7. The Balaban J connectivity index is 1.91. The lowest BCUT2D eigenvalue weighted by atomic mass is 10.00. The molecule has 0 aromatic carbocycles. The van der Waals surface area contributed by atoms with Crippen molar-refractivity contribution in [3.05, 3.63) is 0 Å². The van der Waals surface area contributed by atoms with E-state index in [0.717, 1.165) is 38.6 Å². The molecule has 1 saturated carbocycles. The predicted molar refractivity (Wildman–Crippen MR) is 71.9 cm³/mol. The van der Waals surface area contributed by atoms with Crippen molar-refractivity contribution in [2.45, 2.75) is 57.5 Å². The van der Waals surface area contributed by atoms with Gasteiger partial charge in [-0.3, -0.25) is 14.5 Å². The van der Waals surface area contributed by atoms with E-state index in [-0.39, 0.29) is 19.0 Å². The first-order chi connectivity index (χ1) is 9.11. The molecule has 0 spiro atoms. The molecule has 2 aliphatic rings. The molecule has 0 bridgehead atoms. The van der Waals surface area contributed by atoms with E-state index in [1.165, 1.54) is 6.42 Å². The van der Waals surface area contributed by atoms with Crippen molar-refractivity contribution in [2.24, 2.45) is 0 Å². The fourth-order valence-electron chi connectivity index (χ4n) is 2.95. The molecule has 1 saturated heterocycles. The van der Waals surface area contributed by atoms with E-state index >= 15 is 0 Å². The normalized spacial score (nSPS) is 23.7. The van der Waals surface area contributed by atoms with Crippen LogP contribution in [0.25, 0.3) is 0 Å². The van der Waals surface area contributed by atoms with Gasteiger partial charge >= 0.3 is 5.97 Å². The lowest BCUT2D eigenvalue weighted by Gasteiger charge is -2.36. The zero-order chi connectivity index (χ0) is 13.8. The summed E-state index contributed by atoms with van der Waals surface area (Å²) in [5, 5.41) is 8.92. The van der Waals surface area contributed by atoms with Crippen LogP contribution in [0.2, 0.25) is 0 Å². The molecule has 1 atom stereocenters. The molecule has 5 heteroatoms. The molecule has 1 heterocycles. The van der Waals surface area contributed by atoms with Gasteiger partial charge < -0.3 is 10.0 Å². The van der Waals surface area contributed by atoms with E-state index in [2.05, 4.69) is 6.92 Å². The van der Waals surface area contributed by atoms with Crippen molar-refractivity contribution >= 4 is 11.9 Å². The Morgan fingerprint density at radius 1 is 1.21 bits per heavy atom. The summed E-state index contributed by atoms with van der Waals surface area (Å²) in [5.74, 6) is -0.731. The van der Waals surface area contributed by atoms with Gasteiger partial charge in [-0.2, -0.15) is 0 Å². The van der Waals surface area contributed by atoms with Crippen molar-refractivity contribution in [3.8, 4) is 0 Å². The van der Waals surface area contributed by atoms with E-state index in [1.807, 2.05) is 9.80 Å². The average Bonchev–Trinajstić information content (AvgIpc) is 3.21.